The minimum absolute atomic E-state index is 0.127. The van der Waals surface area contributed by atoms with Crippen molar-refractivity contribution < 1.29 is 9.59 Å². The molecule has 0 radical (unpaired) electrons. The minimum atomic E-state index is -0.266. The molecule has 1 aromatic rings. The number of urea groups is 1. The number of nitrogens with one attached hydrogen (secondary N) is 1. The zero-order valence-electron chi connectivity index (χ0n) is 8.98. The number of amides is 3. The van der Waals surface area contributed by atoms with E-state index in [2.05, 4.69) is 5.32 Å². The Morgan fingerprint density at radius 3 is 2.56 bits per heavy atom. The van der Waals surface area contributed by atoms with Crippen molar-refractivity contribution >= 4 is 11.9 Å². The van der Waals surface area contributed by atoms with Gasteiger partial charge in [0.25, 0.3) is 0 Å². The van der Waals surface area contributed by atoms with Crippen LogP contribution in [0.15, 0.2) is 30.3 Å². The van der Waals surface area contributed by atoms with Crippen LogP contribution >= 0.6 is 0 Å². The predicted molar refractivity (Wildman–Crippen MR) is 59.9 cm³/mol. The Hall–Kier alpha value is -1.84. The summed E-state index contributed by atoms with van der Waals surface area (Å²) in [6, 6.07) is 9.78. The molecule has 0 saturated carbocycles. The van der Waals surface area contributed by atoms with Gasteiger partial charge in [0.2, 0.25) is 5.91 Å². The monoisotopic (exact) mass is 218 g/mol. The molecule has 1 N–H and O–H groups in total. The average Bonchev–Trinajstić information content (AvgIpc) is 2.62. The van der Waals surface area contributed by atoms with E-state index in [4.69, 9.17) is 0 Å². The van der Waals surface area contributed by atoms with E-state index in [0.717, 1.165) is 12.8 Å². The van der Waals surface area contributed by atoms with Crippen molar-refractivity contribution in [2.75, 3.05) is 13.1 Å². The number of imide groups is 1. The lowest BCUT2D eigenvalue weighted by Gasteiger charge is -2.11. The van der Waals surface area contributed by atoms with E-state index in [0.29, 0.717) is 6.54 Å². The van der Waals surface area contributed by atoms with E-state index in [1.165, 1.54) is 10.5 Å². The highest BCUT2D eigenvalue weighted by Crippen LogP contribution is 2.05. The number of nitrogens with zero attached hydrogens (tertiary/aromatic N) is 1. The van der Waals surface area contributed by atoms with Crippen LogP contribution in [0.1, 0.15) is 12.0 Å². The van der Waals surface area contributed by atoms with Gasteiger partial charge in [-0.2, -0.15) is 0 Å². The summed E-state index contributed by atoms with van der Waals surface area (Å²) in [6.07, 6.45) is 1.70. The highest BCUT2D eigenvalue weighted by molar-refractivity contribution is 6.01. The number of carbonyl (C=O) groups is 2. The second-order valence-corrected chi connectivity index (χ2v) is 3.79. The van der Waals surface area contributed by atoms with Crippen molar-refractivity contribution in [3.63, 3.8) is 0 Å². The van der Waals surface area contributed by atoms with Gasteiger partial charge in [-0.15, -0.1) is 0 Å². The maximum atomic E-state index is 11.3. The van der Waals surface area contributed by atoms with Crippen LogP contribution in [0.2, 0.25) is 0 Å². The zero-order valence-corrected chi connectivity index (χ0v) is 8.98. The first-order chi connectivity index (χ1) is 7.77. The Labute approximate surface area is 94.2 Å². The van der Waals surface area contributed by atoms with Crippen molar-refractivity contribution in [3.05, 3.63) is 35.9 Å². The number of benzene rings is 1. The first-order valence-corrected chi connectivity index (χ1v) is 5.39. The van der Waals surface area contributed by atoms with Gasteiger partial charge >= 0.3 is 6.03 Å². The van der Waals surface area contributed by atoms with Crippen LogP contribution in [0.25, 0.3) is 0 Å². The highest BCUT2D eigenvalue weighted by Gasteiger charge is 2.27. The molecule has 0 spiro atoms. The Morgan fingerprint density at radius 1 is 1.19 bits per heavy atom. The maximum Gasteiger partial charge on any atom is 0.324 e. The molecule has 1 heterocycles. The summed E-state index contributed by atoms with van der Waals surface area (Å²) in [7, 11) is 0. The SMILES string of the molecule is O=C1CNC(=O)N1CCCc1ccccc1. The summed E-state index contributed by atoms with van der Waals surface area (Å²) in [5.41, 5.74) is 1.23. The lowest BCUT2D eigenvalue weighted by molar-refractivity contribution is -0.125. The van der Waals surface area contributed by atoms with Crippen molar-refractivity contribution in [1.82, 2.24) is 10.2 Å². The molecule has 0 bridgehead atoms. The molecule has 0 aromatic heterocycles. The third-order valence-electron chi connectivity index (χ3n) is 2.63. The third-order valence-corrected chi connectivity index (χ3v) is 2.63. The van der Waals surface area contributed by atoms with Crippen molar-refractivity contribution in [3.8, 4) is 0 Å². The van der Waals surface area contributed by atoms with Crippen molar-refractivity contribution in [2.24, 2.45) is 0 Å². The lowest BCUT2D eigenvalue weighted by atomic mass is 10.1. The molecule has 84 valence electrons. The summed E-state index contributed by atoms with van der Waals surface area (Å²) in [4.78, 5) is 23.8. The third kappa shape index (κ3) is 2.39. The van der Waals surface area contributed by atoms with Crippen LogP contribution in [-0.4, -0.2) is 29.9 Å². The van der Waals surface area contributed by atoms with E-state index >= 15 is 0 Å². The van der Waals surface area contributed by atoms with Crippen LogP contribution in [0.5, 0.6) is 0 Å². The maximum absolute atomic E-state index is 11.3. The molecular weight excluding hydrogens is 204 g/mol. The van der Waals surface area contributed by atoms with Gasteiger partial charge in [-0.3, -0.25) is 9.69 Å². The predicted octanol–water partition coefficient (Wildman–Crippen LogP) is 1.17. The van der Waals surface area contributed by atoms with Gasteiger partial charge < -0.3 is 5.32 Å². The summed E-state index contributed by atoms with van der Waals surface area (Å²) in [5.74, 6) is -0.127. The normalized spacial score (nSPS) is 15.4. The molecule has 2 rings (SSSR count). The van der Waals surface area contributed by atoms with Gasteiger partial charge in [0.15, 0.2) is 0 Å². The Morgan fingerprint density at radius 2 is 1.94 bits per heavy atom. The molecule has 1 aliphatic heterocycles. The van der Waals surface area contributed by atoms with E-state index in [1.54, 1.807) is 0 Å². The fourth-order valence-corrected chi connectivity index (χ4v) is 1.77. The molecule has 4 heteroatoms. The first kappa shape index (κ1) is 10.7. The standard InChI is InChI=1S/C12H14N2O2/c15-11-9-13-12(16)14(11)8-4-7-10-5-2-1-3-6-10/h1-3,5-6H,4,7-9H2,(H,13,16). The largest absolute Gasteiger partial charge is 0.329 e. The van der Waals surface area contributed by atoms with Crippen molar-refractivity contribution in [1.29, 1.82) is 0 Å². The Balaban J connectivity index is 1.80. The van der Waals surface area contributed by atoms with E-state index in [9.17, 15) is 9.59 Å². The van der Waals surface area contributed by atoms with Crippen LogP contribution in [-0.2, 0) is 11.2 Å². The number of rotatable bonds is 4. The number of hydrogen-bond acceptors (Lipinski definition) is 2. The van der Waals surface area contributed by atoms with E-state index < -0.39 is 0 Å². The van der Waals surface area contributed by atoms with Crippen LogP contribution < -0.4 is 5.32 Å². The van der Waals surface area contributed by atoms with Gasteiger partial charge in [0, 0.05) is 6.54 Å². The molecule has 0 unspecified atom stereocenters. The summed E-state index contributed by atoms with van der Waals surface area (Å²) < 4.78 is 0. The number of carbonyl (C=O) groups excluding carboxylic acids is 2. The van der Waals surface area contributed by atoms with Gasteiger partial charge in [-0.05, 0) is 18.4 Å². The molecule has 1 aliphatic rings. The van der Waals surface area contributed by atoms with E-state index in [1.807, 2.05) is 30.3 Å². The van der Waals surface area contributed by atoms with Crippen LogP contribution in [0.4, 0.5) is 4.79 Å². The second-order valence-electron chi connectivity index (χ2n) is 3.79. The van der Waals surface area contributed by atoms with Gasteiger partial charge in [0.05, 0.1) is 6.54 Å². The fourth-order valence-electron chi connectivity index (χ4n) is 1.77. The zero-order chi connectivity index (χ0) is 11.4. The van der Waals surface area contributed by atoms with Crippen LogP contribution in [0, 0.1) is 0 Å². The summed E-state index contributed by atoms with van der Waals surface area (Å²) in [5, 5.41) is 2.51. The topological polar surface area (TPSA) is 49.4 Å². The van der Waals surface area contributed by atoms with Crippen molar-refractivity contribution in [2.45, 2.75) is 12.8 Å². The van der Waals surface area contributed by atoms with Crippen LogP contribution in [0.3, 0.4) is 0 Å². The molecular formula is C12H14N2O2. The average molecular weight is 218 g/mol. The Kier molecular flexibility index (Phi) is 3.19. The molecule has 16 heavy (non-hydrogen) atoms. The quantitative estimate of drug-likeness (QED) is 0.771. The molecule has 0 aliphatic carbocycles. The first-order valence-electron chi connectivity index (χ1n) is 5.39. The van der Waals surface area contributed by atoms with Gasteiger partial charge in [-0.1, -0.05) is 30.3 Å². The summed E-state index contributed by atoms with van der Waals surface area (Å²) in [6.45, 7) is 0.643. The smallest absolute Gasteiger partial charge is 0.324 e. The molecule has 1 aromatic carbocycles. The molecule has 4 nitrogen and oxygen atoms in total. The second kappa shape index (κ2) is 4.79. The highest BCUT2D eigenvalue weighted by atomic mass is 16.2. The Bertz CT molecular complexity index is 373. The minimum Gasteiger partial charge on any atom is -0.329 e. The van der Waals surface area contributed by atoms with Gasteiger partial charge in [-0.25, -0.2) is 4.79 Å². The lowest BCUT2D eigenvalue weighted by Crippen LogP contribution is -2.32. The summed E-state index contributed by atoms with van der Waals surface area (Å²) >= 11 is 0. The molecule has 0 atom stereocenters. The molecule has 1 fully saturated rings. The number of aryl methyl sites for hydroxylation is 1. The molecule has 3 amide bonds. The van der Waals surface area contributed by atoms with Gasteiger partial charge in [0.1, 0.15) is 0 Å². The van der Waals surface area contributed by atoms with E-state index in [-0.39, 0.29) is 18.5 Å². The fraction of sp³-hybridized carbons (Fsp3) is 0.333. The number of hydrogen-bond donors (Lipinski definition) is 1. The molecule has 1 saturated heterocycles.